The topological polar surface area (TPSA) is 63.6 Å². The van der Waals surface area contributed by atoms with E-state index in [9.17, 15) is 9.00 Å². The number of methoxy groups -OCH3 is 1. The molecule has 0 bridgehead atoms. The number of carboxylic acids is 1. The second kappa shape index (κ2) is 4.93. The molecular weight excluding hydrogens is 216 g/mol. The average Bonchev–Trinajstić information content (AvgIpc) is 2.26. The SMILES string of the molecule is COc1ccccc1S(=O)C(C)C(=O)O. The number of para-hydroxylation sites is 1. The molecule has 0 aliphatic carbocycles. The first kappa shape index (κ1) is 11.7. The Hall–Kier alpha value is -1.36. The van der Waals surface area contributed by atoms with Gasteiger partial charge in [0.1, 0.15) is 11.0 Å². The van der Waals surface area contributed by atoms with Crippen molar-refractivity contribution in [3.05, 3.63) is 24.3 Å². The van der Waals surface area contributed by atoms with E-state index in [1.165, 1.54) is 14.0 Å². The van der Waals surface area contributed by atoms with Crippen molar-refractivity contribution >= 4 is 16.8 Å². The molecule has 0 saturated heterocycles. The summed E-state index contributed by atoms with van der Waals surface area (Å²) in [6.07, 6.45) is 0. The number of carboxylic acid groups (broad SMARTS) is 1. The summed E-state index contributed by atoms with van der Waals surface area (Å²) in [5.41, 5.74) is 0. The fourth-order valence-corrected chi connectivity index (χ4v) is 2.19. The summed E-state index contributed by atoms with van der Waals surface area (Å²) >= 11 is 0. The van der Waals surface area contributed by atoms with Gasteiger partial charge in [-0.1, -0.05) is 12.1 Å². The number of carbonyl (C=O) groups is 1. The van der Waals surface area contributed by atoms with Crippen LogP contribution in [0.15, 0.2) is 29.2 Å². The Morgan fingerprint density at radius 1 is 1.47 bits per heavy atom. The number of aliphatic carboxylic acids is 1. The van der Waals surface area contributed by atoms with Crippen LogP contribution in [0.1, 0.15) is 6.92 Å². The van der Waals surface area contributed by atoms with Gasteiger partial charge in [-0.25, -0.2) is 0 Å². The lowest BCUT2D eigenvalue weighted by Gasteiger charge is -2.10. The number of ether oxygens (including phenoxy) is 1. The summed E-state index contributed by atoms with van der Waals surface area (Å²) in [5.74, 6) is -0.636. The first-order valence-electron chi connectivity index (χ1n) is 4.34. The van der Waals surface area contributed by atoms with Gasteiger partial charge >= 0.3 is 5.97 Å². The smallest absolute Gasteiger partial charge is 0.319 e. The summed E-state index contributed by atoms with van der Waals surface area (Å²) in [7, 11) is -0.134. The van der Waals surface area contributed by atoms with Gasteiger partial charge in [-0.15, -0.1) is 0 Å². The molecule has 2 atom stereocenters. The molecule has 4 nitrogen and oxygen atoms in total. The maximum atomic E-state index is 11.8. The van der Waals surface area contributed by atoms with E-state index in [2.05, 4.69) is 0 Å². The highest BCUT2D eigenvalue weighted by Gasteiger charge is 2.22. The zero-order valence-corrected chi connectivity index (χ0v) is 9.28. The molecular formula is C10H12O4S. The molecule has 1 rings (SSSR count). The van der Waals surface area contributed by atoms with Crippen LogP contribution >= 0.6 is 0 Å². The van der Waals surface area contributed by atoms with Crippen molar-refractivity contribution < 1.29 is 18.8 Å². The minimum absolute atomic E-state index is 0.412. The molecule has 0 aliphatic heterocycles. The van der Waals surface area contributed by atoms with Gasteiger partial charge in [0, 0.05) is 0 Å². The molecule has 1 N–H and O–H groups in total. The summed E-state index contributed by atoms with van der Waals surface area (Å²) in [6.45, 7) is 1.41. The number of hydrogen-bond acceptors (Lipinski definition) is 3. The largest absolute Gasteiger partial charge is 0.495 e. The normalized spacial score (nSPS) is 14.3. The Morgan fingerprint density at radius 3 is 2.60 bits per heavy atom. The first-order chi connectivity index (χ1) is 7.07. The highest BCUT2D eigenvalue weighted by Crippen LogP contribution is 2.23. The molecule has 2 unspecified atom stereocenters. The van der Waals surface area contributed by atoms with Gasteiger partial charge in [0.25, 0.3) is 0 Å². The molecule has 5 heteroatoms. The Morgan fingerprint density at radius 2 is 2.07 bits per heavy atom. The lowest BCUT2D eigenvalue weighted by molar-refractivity contribution is -0.136. The van der Waals surface area contributed by atoms with Crippen LogP contribution in [-0.2, 0) is 15.6 Å². The Balaban J connectivity index is 3.05. The highest BCUT2D eigenvalue weighted by molar-refractivity contribution is 7.86. The van der Waals surface area contributed by atoms with Crippen molar-refractivity contribution in [3.63, 3.8) is 0 Å². The third kappa shape index (κ3) is 2.56. The van der Waals surface area contributed by atoms with Gasteiger partial charge < -0.3 is 9.84 Å². The molecule has 82 valence electrons. The minimum Gasteiger partial charge on any atom is -0.495 e. The lowest BCUT2D eigenvalue weighted by Crippen LogP contribution is -2.22. The molecule has 0 aromatic heterocycles. The second-order valence-electron chi connectivity index (χ2n) is 2.93. The molecule has 15 heavy (non-hydrogen) atoms. The molecule has 0 aliphatic rings. The average molecular weight is 228 g/mol. The molecule has 0 radical (unpaired) electrons. The van der Waals surface area contributed by atoms with E-state index < -0.39 is 22.0 Å². The zero-order chi connectivity index (χ0) is 11.4. The molecule has 0 saturated carbocycles. The van der Waals surface area contributed by atoms with Crippen molar-refractivity contribution in [1.82, 2.24) is 0 Å². The van der Waals surface area contributed by atoms with E-state index in [1.807, 2.05) is 0 Å². The van der Waals surface area contributed by atoms with E-state index in [0.717, 1.165) is 0 Å². The molecule has 0 spiro atoms. The van der Waals surface area contributed by atoms with Gasteiger partial charge in [-0.05, 0) is 19.1 Å². The minimum atomic E-state index is -1.59. The van der Waals surface area contributed by atoms with Gasteiger partial charge in [-0.2, -0.15) is 0 Å². The quantitative estimate of drug-likeness (QED) is 0.843. The number of benzene rings is 1. The maximum Gasteiger partial charge on any atom is 0.319 e. The second-order valence-corrected chi connectivity index (χ2v) is 4.67. The summed E-state index contributed by atoms with van der Waals surface area (Å²) in [4.78, 5) is 11.1. The summed E-state index contributed by atoms with van der Waals surface area (Å²) < 4.78 is 16.8. The standard InChI is InChI=1S/C10H12O4S/c1-7(10(11)12)15(13)9-6-4-3-5-8(9)14-2/h3-7H,1-2H3,(H,11,12). The summed E-state index contributed by atoms with van der Waals surface area (Å²) in [5, 5.41) is 7.80. The lowest BCUT2D eigenvalue weighted by atomic mass is 10.3. The van der Waals surface area contributed by atoms with Crippen LogP contribution in [-0.4, -0.2) is 27.6 Å². The van der Waals surface area contributed by atoms with Crippen molar-refractivity contribution in [2.45, 2.75) is 17.1 Å². The Bertz CT molecular complexity index is 389. The van der Waals surface area contributed by atoms with Crippen LogP contribution in [0, 0.1) is 0 Å². The van der Waals surface area contributed by atoms with Gasteiger partial charge in [-0.3, -0.25) is 9.00 Å². The molecule has 0 heterocycles. The fourth-order valence-electron chi connectivity index (χ4n) is 1.07. The van der Waals surface area contributed by atoms with Crippen molar-refractivity contribution in [2.24, 2.45) is 0 Å². The Kier molecular flexibility index (Phi) is 3.85. The third-order valence-corrected chi connectivity index (χ3v) is 3.57. The molecule has 0 amide bonds. The van der Waals surface area contributed by atoms with Crippen LogP contribution in [0.2, 0.25) is 0 Å². The van der Waals surface area contributed by atoms with Crippen LogP contribution < -0.4 is 4.74 Å². The van der Waals surface area contributed by atoms with E-state index >= 15 is 0 Å². The third-order valence-electron chi connectivity index (χ3n) is 1.95. The van der Waals surface area contributed by atoms with Crippen LogP contribution in [0.25, 0.3) is 0 Å². The van der Waals surface area contributed by atoms with Crippen LogP contribution in [0.3, 0.4) is 0 Å². The van der Waals surface area contributed by atoms with Crippen molar-refractivity contribution in [3.8, 4) is 5.75 Å². The van der Waals surface area contributed by atoms with E-state index in [-0.39, 0.29) is 0 Å². The fraction of sp³-hybridized carbons (Fsp3) is 0.300. The predicted molar refractivity (Wildman–Crippen MR) is 56.5 cm³/mol. The van der Waals surface area contributed by atoms with Gasteiger partial charge in [0.05, 0.1) is 22.8 Å². The highest BCUT2D eigenvalue weighted by atomic mass is 32.2. The maximum absolute atomic E-state index is 11.8. The summed E-state index contributed by atoms with van der Waals surface area (Å²) in [6, 6.07) is 6.70. The number of hydrogen-bond donors (Lipinski definition) is 1. The van der Waals surface area contributed by atoms with E-state index in [4.69, 9.17) is 9.84 Å². The zero-order valence-electron chi connectivity index (χ0n) is 8.47. The number of rotatable bonds is 4. The van der Waals surface area contributed by atoms with E-state index in [1.54, 1.807) is 24.3 Å². The van der Waals surface area contributed by atoms with Crippen LogP contribution in [0.5, 0.6) is 5.75 Å². The first-order valence-corrected chi connectivity index (χ1v) is 5.55. The van der Waals surface area contributed by atoms with Crippen LogP contribution in [0.4, 0.5) is 0 Å². The van der Waals surface area contributed by atoms with E-state index in [0.29, 0.717) is 10.6 Å². The molecule has 0 fully saturated rings. The van der Waals surface area contributed by atoms with Gasteiger partial charge in [0.15, 0.2) is 0 Å². The molecule has 1 aromatic carbocycles. The molecule has 1 aromatic rings. The monoisotopic (exact) mass is 228 g/mol. The Labute approximate surface area is 90.3 Å². The predicted octanol–water partition coefficient (Wildman–Crippen LogP) is 1.28. The van der Waals surface area contributed by atoms with Crippen molar-refractivity contribution in [1.29, 1.82) is 0 Å². The van der Waals surface area contributed by atoms with Crippen molar-refractivity contribution in [2.75, 3.05) is 7.11 Å². The van der Waals surface area contributed by atoms with Gasteiger partial charge in [0.2, 0.25) is 0 Å².